The Kier molecular flexibility index (Phi) is 6.90. The van der Waals surface area contributed by atoms with Crippen molar-refractivity contribution in [1.82, 2.24) is 0 Å². The number of hydrogen-bond acceptors (Lipinski definition) is 4. The van der Waals surface area contributed by atoms with Crippen LogP contribution < -0.4 is 15.4 Å². The average Bonchev–Trinajstić information content (AvgIpc) is 2.66. The number of quaternary nitrogens is 1. The summed E-state index contributed by atoms with van der Waals surface area (Å²) in [4.78, 5) is 23.2. The summed E-state index contributed by atoms with van der Waals surface area (Å²) in [5.41, 5.74) is 1.34. The Morgan fingerprint density at radius 3 is 2.37 bits per heavy atom. The Morgan fingerprint density at radius 2 is 1.81 bits per heavy atom. The van der Waals surface area contributed by atoms with Crippen LogP contribution in [0.5, 0.6) is 5.75 Å². The van der Waals surface area contributed by atoms with Gasteiger partial charge in [-0.25, -0.2) is 0 Å². The minimum absolute atomic E-state index is 0.105. The van der Waals surface area contributed by atoms with Crippen molar-refractivity contribution in [2.24, 2.45) is 5.92 Å². The van der Waals surface area contributed by atoms with Crippen molar-refractivity contribution in [3.05, 3.63) is 64.2 Å². The molecule has 27 heavy (non-hydrogen) atoms. The van der Waals surface area contributed by atoms with Crippen molar-refractivity contribution in [3.63, 3.8) is 0 Å². The highest BCUT2D eigenvalue weighted by Gasteiger charge is 2.26. The molecule has 0 saturated heterocycles. The van der Waals surface area contributed by atoms with E-state index in [1.165, 1.54) is 25.3 Å². The predicted molar refractivity (Wildman–Crippen MR) is 104 cm³/mol. The molecule has 0 radical (unpaired) electrons. The number of methoxy groups -OCH3 is 1. The molecule has 0 spiro atoms. The van der Waals surface area contributed by atoms with Crippen molar-refractivity contribution < 1.29 is 19.8 Å². The second kappa shape index (κ2) is 9.14. The van der Waals surface area contributed by atoms with Crippen LogP contribution in [0.15, 0.2) is 48.5 Å². The molecule has 1 amide bonds. The molecule has 2 rings (SSSR count). The first-order valence-corrected chi connectivity index (χ1v) is 8.86. The lowest BCUT2D eigenvalue weighted by atomic mass is 9.95. The molecular weight excluding hydrogens is 346 g/mol. The minimum atomic E-state index is -0.505. The second-order valence-electron chi connectivity index (χ2n) is 6.79. The number of carbonyl (C=O) groups is 1. The molecule has 0 aliphatic carbocycles. The van der Waals surface area contributed by atoms with Crippen LogP contribution in [0.2, 0.25) is 0 Å². The molecule has 7 heteroatoms. The summed E-state index contributed by atoms with van der Waals surface area (Å²) in [5, 5.41) is 15.8. The standard InChI is InChI=1S/C20H25N3O4/c1-13(2)19(15-8-6-5-7-9-15)21-14(3)20(24)22-17-12-16(23(25)26)10-11-18(17)27-4/h5-14,19,21H,1-4H3,(H,22,24)/p+1/t14-,19-/m1/s1. The molecule has 3 N–H and O–H groups in total. The van der Waals surface area contributed by atoms with Crippen molar-refractivity contribution in [1.29, 1.82) is 0 Å². The fourth-order valence-electron chi connectivity index (χ4n) is 2.95. The van der Waals surface area contributed by atoms with Crippen LogP contribution in [0.4, 0.5) is 11.4 Å². The van der Waals surface area contributed by atoms with Gasteiger partial charge in [-0.3, -0.25) is 14.9 Å². The molecule has 0 saturated carbocycles. The molecule has 2 atom stereocenters. The number of non-ortho nitro benzene ring substituents is 1. The summed E-state index contributed by atoms with van der Waals surface area (Å²) >= 11 is 0. The molecular formula is C20H26N3O4+. The van der Waals surface area contributed by atoms with Crippen molar-refractivity contribution in [2.45, 2.75) is 32.9 Å². The van der Waals surface area contributed by atoms with Crippen molar-refractivity contribution >= 4 is 17.3 Å². The number of rotatable bonds is 8. The van der Waals surface area contributed by atoms with Gasteiger partial charge in [-0.1, -0.05) is 44.2 Å². The van der Waals surface area contributed by atoms with Crippen LogP contribution in [-0.2, 0) is 4.79 Å². The van der Waals surface area contributed by atoms with E-state index in [0.29, 0.717) is 11.7 Å². The summed E-state index contributed by atoms with van der Waals surface area (Å²) in [6, 6.07) is 13.9. The van der Waals surface area contributed by atoms with Crippen molar-refractivity contribution in [3.8, 4) is 5.75 Å². The first-order valence-electron chi connectivity index (χ1n) is 8.86. The largest absolute Gasteiger partial charge is 0.495 e. The number of nitro benzene ring substituents is 1. The number of nitrogens with one attached hydrogen (secondary N) is 1. The third-order valence-corrected chi connectivity index (χ3v) is 4.46. The van der Waals surface area contributed by atoms with E-state index in [9.17, 15) is 14.9 Å². The molecule has 0 aromatic heterocycles. The molecule has 7 nitrogen and oxygen atoms in total. The summed E-state index contributed by atoms with van der Waals surface area (Å²) in [5.74, 6) is 0.468. The van der Waals surface area contributed by atoms with Crippen LogP contribution in [0.3, 0.4) is 0 Å². The number of nitrogens with zero attached hydrogens (tertiary/aromatic N) is 1. The highest BCUT2D eigenvalue weighted by molar-refractivity contribution is 5.95. The van der Waals surface area contributed by atoms with Gasteiger partial charge in [0.05, 0.1) is 17.7 Å². The van der Waals surface area contributed by atoms with E-state index < -0.39 is 4.92 Å². The molecule has 2 aromatic carbocycles. The quantitative estimate of drug-likeness (QED) is 0.550. The number of ether oxygens (including phenoxy) is 1. The molecule has 0 aliphatic rings. The summed E-state index contributed by atoms with van der Waals surface area (Å²) in [6.07, 6.45) is 0. The molecule has 144 valence electrons. The van der Waals surface area contributed by atoms with Gasteiger partial charge in [0.1, 0.15) is 11.8 Å². The monoisotopic (exact) mass is 372 g/mol. The first kappa shape index (κ1) is 20.4. The topological polar surface area (TPSA) is 98.1 Å². The maximum Gasteiger partial charge on any atom is 0.282 e. The van der Waals surface area contributed by atoms with Crippen LogP contribution in [0.1, 0.15) is 32.4 Å². The Balaban J connectivity index is 2.15. The van der Waals surface area contributed by atoms with E-state index in [1.54, 1.807) is 0 Å². The van der Waals surface area contributed by atoms with Gasteiger partial charge in [-0.2, -0.15) is 0 Å². The molecule has 0 bridgehead atoms. The zero-order valence-corrected chi connectivity index (χ0v) is 16.0. The van der Waals surface area contributed by atoms with Gasteiger partial charge < -0.3 is 15.4 Å². The minimum Gasteiger partial charge on any atom is -0.495 e. The second-order valence-corrected chi connectivity index (χ2v) is 6.79. The maximum absolute atomic E-state index is 12.7. The SMILES string of the molecule is COc1ccc([N+](=O)[O-])cc1NC(=O)[C@@H](C)[NH2+][C@@H](c1ccccc1)C(C)C. The van der Waals surface area contributed by atoms with E-state index >= 15 is 0 Å². The number of nitro groups is 1. The molecule has 0 unspecified atom stereocenters. The van der Waals surface area contributed by atoms with E-state index in [4.69, 9.17) is 4.74 Å². The van der Waals surface area contributed by atoms with E-state index in [1.807, 2.05) is 30.4 Å². The Morgan fingerprint density at radius 1 is 1.15 bits per heavy atom. The van der Waals surface area contributed by atoms with Crippen LogP contribution in [0.25, 0.3) is 0 Å². The van der Waals surface area contributed by atoms with Crippen LogP contribution in [-0.4, -0.2) is 24.0 Å². The van der Waals surface area contributed by atoms with E-state index in [-0.39, 0.29) is 29.4 Å². The van der Waals surface area contributed by atoms with E-state index in [0.717, 1.165) is 5.56 Å². The first-order chi connectivity index (χ1) is 12.8. The summed E-state index contributed by atoms with van der Waals surface area (Å²) in [7, 11) is 1.45. The van der Waals surface area contributed by atoms with Gasteiger partial charge in [0.15, 0.2) is 6.04 Å². The third kappa shape index (κ3) is 5.27. The normalized spacial score (nSPS) is 13.1. The van der Waals surface area contributed by atoms with Gasteiger partial charge in [0.2, 0.25) is 0 Å². The number of hydrogen-bond donors (Lipinski definition) is 2. The lowest BCUT2D eigenvalue weighted by Crippen LogP contribution is -2.93. The summed E-state index contributed by atoms with van der Waals surface area (Å²) in [6.45, 7) is 6.04. The highest BCUT2D eigenvalue weighted by atomic mass is 16.6. The van der Waals surface area contributed by atoms with Gasteiger partial charge in [0.25, 0.3) is 11.6 Å². The summed E-state index contributed by atoms with van der Waals surface area (Å²) < 4.78 is 5.20. The van der Waals surface area contributed by atoms with Crippen LogP contribution in [0, 0.1) is 16.0 Å². The average molecular weight is 372 g/mol. The number of carbonyl (C=O) groups excluding carboxylic acids is 1. The fourth-order valence-corrected chi connectivity index (χ4v) is 2.95. The number of nitrogens with two attached hydrogens (primary N) is 1. The molecule has 2 aromatic rings. The van der Waals surface area contributed by atoms with Crippen LogP contribution >= 0.6 is 0 Å². The van der Waals surface area contributed by atoms with Crippen molar-refractivity contribution in [2.75, 3.05) is 12.4 Å². The third-order valence-electron chi connectivity index (χ3n) is 4.46. The van der Waals surface area contributed by atoms with Gasteiger partial charge in [-0.05, 0) is 13.0 Å². The van der Waals surface area contributed by atoms with Gasteiger partial charge in [-0.15, -0.1) is 0 Å². The van der Waals surface area contributed by atoms with E-state index in [2.05, 4.69) is 31.3 Å². The lowest BCUT2D eigenvalue weighted by Gasteiger charge is -2.23. The maximum atomic E-state index is 12.7. The number of amides is 1. The smallest absolute Gasteiger partial charge is 0.282 e. The Hall–Kier alpha value is -2.93. The lowest BCUT2D eigenvalue weighted by molar-refractivity contribution is -0.718. The Labute approximate surface area is 158 Å². The van der Waals surface area contributed by atoms with Gasteiger partial charge >= 0.3 is 0 Å². The molecule has 0 fully saturated rings. The molecule has 0 heterocycles. The number of benzene rings is 2. The fraction of sp³-hybridized carbons (Fsp3) is 0.350. The molecule has 0 aliphatic heterocycles. The zero-order chi connectivity index (χ0) is 20.0. The number of anilines is 1. The van der Waals surface area contributed by atoms with Gasteiger partial charge in [0, 0.05) is 23.6 Å². The zero-order valence-electron chi connectivity index (χ0n) is 16.0. The predicted octanol–water partition coefficient (Wildman–Crippen LogP) is 2.89. The highest BCUT2D eigenvalue weighted by Crippen LogP contribution is 2.29. The Bertz CT molecular complexity index is 793.